The van der Waals surface area contributed by atoms with Crippen LogP contribution in [-0.2, 0) is 6.18 Å². The van der Waals surface area contributed by atoms with Crippen molar-refractivity contribution in [3.63, 3.8) is 0 Å². The Balaban J connectivity index is 1.67. The number of amides is 1. The van der Waals surface area contributed by atoms with E-state index >= 15 is 0 Å². The highest BCUT2D eigenvalue weighted by Crippen LogP contribution is 2.35. The van der Waals surface area contributed by atoms with Crippen LogP contribution in [0.1, 0.15) is 48.0 Å². The van der Waals surface area contributed by atoms with Crippen LogP contribution in [0.2, 0.25) is 0 Å². The highest BCUT2D eigenvalue weighted by atomic mass is 19.4. The van der Waals surface area contributed by atoms with Gasteiger partial charge < -0.3 is 10.6 Å². The van der Waals surface area contributed by atoms with Gasteiger partial charge in [-0.3, -0.25) is 4.79 Å². The Bertz CT molecular complexity index is 756. The van der Waals surface area contributed by atoms with Gasteiger partial charge in [-0.05, 0) is 25.0 Å². The molecule has 0 bridgehead atoms. The van der Waals surface area contributed by atoms with E-state index in [1.165, 1.54) is 37.0 Å². The first-order valence-electron chi connectivity index (χ1n) is 8.49. The molecule has 138 valence electrons. The molecule has 8 heteroatoms. The van der Waals surface area contributed by atoms with E-state index in [-0.39, 0.29) is 29.1 Å². The maximum Gasteiger partial charge on any atom is 0.418 e. The molecule has 1 saturated carbocycles. The van der Waals surface area contributed by atoms with Crippen LogP contribution in [0.3, 0.4) is 0 Å². The Morgan fingerprint density at radius 2 is 1.69 bits per heavy atom. The highest BCUT2D eigenvalue weighted by Gasteiger charge is 2.33. The van der Waals surface area contributed by atoms with Gasteiger partial charge in [-0.15, -0.1) is 0 Å². The number of rotatable bonds is 4. The second kappa shape index (κ2) is 7.72. The zero-order chi connectivity index (χ0) is 18.6. The number of benzene rings is 1. The molecule has 0 unspecified atom stereocenters. The molecule has 1 fully saturated rings. The first-order valence-corrected chi connectivity index (χ1v) is 8.49. The van der Waals surface area contributed by atoms with Crippen molar-refractivity contribution in [2.45, 2.75) is 44.3 Å². The first kappa shape index (κ1) is 18.2. The van der Waals surface area contributed by atoms with Crippen molar-refractivity contribution in [2.75, 3.05) is 5.32 Å². The molecule has 1 aliphatic rings. The molecule has 2 N–H and O–H groups in total. The fourth-order valence-corrected chi connectivity index (χ4v) is 2.99. The Kier molecular flexibility index (Phi) is 5.39. The van der Waals surface area contributed by atoms with Crippen molar-refractivity contribution in [1.29, 1.82) is 0 Å². The number of carbonyl (C=O) groups excluding carboxylic acids is 1. The molecule has 0 spiro atoms. The van der Waals surface area contributed by atoms with Crippen LogP contribution < -0.4 is 10.6 Å². The van der Waals surface area contributed by atoms with E-state index in [0.29, 0.717) is 0 Å². The molecule has 1 aromatic heterocycles. The Hall–Kier alpha value is -2.64. The molecule has 3 rings (SSSR count). The molecule has 1 aliphatic carbocycles. The van der Waals surface area contributed by atoms with Gasteiger partial charge in [0.1, 0.15) is 0 Å². The van der Waals surface area contributed by atoms with E-state index < -0.39 is 11.7 Å². The molecular weight excluding hydrogens is 345 g/mol. The van der Waals surface area contributed by atoms with Gasteiger partial charge in [0.25, 0.3) is 5.91 Å². The number of hydrogen-bond donors (Lipinski definition) is 2. The minimum Gasteiger partial charge on any atom is -0.349 e. The molecule has 1 amide bonds. The van der Waals surface area contributed by atoms with Gasteiger partial charge in [-0.25, -0.2) is 9.97 Å². The lowest BCUT2D eigenvalue weighted by atomic mass is 9.95. The zero-order valence-corrected chi connectivity index (χ0v) is 14.0. The van der Waals surface area contributed by atoms with Crippen molar-refractivity contribution in [3.05, 3.63) is 47.8 Å². The van der Waals surface area contributed by atoms with Crippen LogP contribution in [0.5, 0.6) is 0 Å². The molecule has 0 radical (unpaired) electrons. The van der Waals surface area contributed by atoms with Crippen LogP contribution in [0, 0.1) is 0 Å². The Morgan fingerprint density at radius 1 is 1.04 bits per heavy atom. The van der Waals surface area contributed by atoms with Gasteiger partial charge in [0.15, 0.2) is 0 Å². The van der Waals surface area contributed by atoms with Gasteiger partial charge in [0.05, 0.1) is 16.8 Å². The normalized spacial score (nSPS) is 15.5. The number of hydrogen-bond acceptors (Lipinski definition) is 4. The number of halogens is 3. The monoisotopic (exact) mass is 364 g/mol. The summed E-state index contributed by atoms with van der Waals surface area (Å²) < 4.78 is 39.0. The topological polar surface area (TPSA) is 66.9 Å². The predicted octanol–water partition coefficient (Wildman–Crippen LogP) is 4.30. The minimum atomic E-state index is -4.48. The molecule has 0 aliphatic heterocycles. The number of aromatic nitrogens is 2. The summed E-state index contributed by atoms with van der Waals surface area (Å²) in [5.74, 6) is -0.268. The largest absolute Gasteiger partial charge is 0.418 e. The second-order valence-electron chi connectivity index (χ2n) is 6.27. The second-order valence-corrected chi connectivity index (χ2v) is 6.27. The minimum absolute atomic E-state index is 0.00378. The van der Waals surface area contributed by atoms with Crippen LogP contribution >= 0.6 is 0 Å². The maximum atomic E-state index is 13.0. The zero-order valence-electron chi connectivity index (χ0n) is 14.0. The van der Waals surface area contributed by atoms with Crippen molar-refractivity contribution in [3.8, 4) is 0 Å². The summed E-state index contributed by atoms with van der Waals surface area (Å²) in [6.07, 6.45) is 3.44. The molecule has 1 aromatic carbocycles. The van der Waals surface area contributed by atoms with Crippen molar-refractivity contribution < 1.29 is 18.0 Å². The lowest BCUT2D eigenvalue weighted by molar-refractivity contribution is -0.136. The first-order chi connectivity index (χ1) is 12.4. The van der Waals surface area contributed by atoms with Crippen molar-refractivity contribution in [2.24, 2.45) is 0 Å². The van der Waals surface area contributed by atoms with E-state index in [9.17, 15) is 18.0 Å². The van der Waals surface area contributed by atoms with Gasteiger partial charge in [-0.1, -0.05) is 31.4 Å². The maximum absolute atomic E-state index is 13.0. The van der Waals surface area contributed by atoms with Gasteiger partial charge in [-0.2, -0.15) is 13.2 Å². The van der Waals surface area contributed by atoms with E-state index in [4.69, 9.17) is 0 Å². The van der Waals surface area contributed by atoms with Crippen LogP contribution in [0.4, 0.5) is 24.8 Å². The average Bonchev–Trinajstić information content (AvgIpc) is 2.63. The molecule has 1 heterocycles. The third-order valence-electron chi connectivity index (χ3n) is 4.33. The standard InChI is InChI=1S/C18H19F3N4O/c19-18(20,21)14-8-4-5-9-15(14)25-17-22-10-12(11-23-17)16(26)24-13-6-2-1-3-7-13/h4-5,8-11,13H,1-3,6-7H2,(H,24,26)(H,22,23,25). The van der Waals surface area contributed by atoms with E-state index in [0.717, 1.165) is 31.7 Å². The Labute approximate surface area is 149 Å². The van der Waals surface area contributed by atoms with Crippen molar-refractivity contribution >= 4 is 17.5 Å². The summed E-state index contributed by atoms with van der Waals surface area (Å²) in [5.41, 5.74) is -0.660. The van der Waals surface area contributed by atoms with Gasteiger partial charge >= 0.3 is 6.18 Å². The Morgan fingerprint density at radius 3 is 2.35 bits per heavy atom. The van der Waals surface area contributed by atoms with Crippen LogP contribution in [0.15, 0.2) is 36.7 Å². The lowest BCUT2D eigenvalue weighted by Gasteiger charge is -2.22. The number of carbonyl (C=O) groups is 1. The molecule has 5 nitrogen and oxygen atoms in total. The van der Waals surface area contributed by atoms with Crippen LogP contribution in [0.25, 0.3) is 0 Å². The van der Waals surface area contributed by atoms with E-state index in [1.54, 1.807) is 0 Å². The summed E-state index contributed by atoms with van der Waals surface area (Å²) in [4.78, 5) is 20.1. The van der Waals surface area contributed by atoms with E-state index in [2.05, 4.69) is 20.6 Å². The van der Waals surface area contributed by atoms with E-state index in [1.807, 2.05) is 0 Å². The number of alkyl halides is 3. The fourth-order valence-electron chi connectivity index (χ4n) is 2.99. The van der Waals surface area contributed by atoms with Gasteiger partial charge in [0.2, 0.25) is 5.95 Å². The number of para-hydroxylation sites is 1. The number of nitrogens with one attached hydrogen (secondary N) is 2. The summed E-state index contributed by atoms with van der Waals surface area (Å²) in [5, 5.41) is 5.50. The molecule has 2 aromatic rings. The molecule has 0 saturated heterocycles. The summed E-state index contributed by atoms with van der Waals surface area (Å²) in [7, 11) is 0. The van der Waals surface area contributed by atoms with Crippen LogP contribution in [-0.4, -0.2) is 21.9 Å². The molecule has 26 heavy (non-hydrogen) atoms. The number of anilines is 2. The predicted molar refractivity (Wildman–Crippen MR) is 91.1 cm³/mol. The average molecular weight is 364 g/mol. The smallest absolute Gasteiger partial charge is 0.349 e. The number of nitrogens with zero attached hydrogens (tertiary/aromatic N) is 2. The molecule has 0 atom stereocenters. The quantitative estimate of drug-likeness (QED) is 0.849. The summed E-state index contributed by atoms with van der Waals surface area (Å²) in [6, 6.07) is 5.24. The van der Waals surface area contributed by atoms with Gasteiger partial charge in [0, 0.05) is 18.4 Å². The van der Waals surface area contributed by atoms with Crippen molar-refractivity contribution in [1.82, 2.24) is 15.3 Å². The third-order valence-corrected chi connectivity index (χ3v) is 4.33. The molecular formula is C18H19F3N4O. The third kappa shape index (κ3) is 4.50. The highest BCUT2D eigenvalue weighted by molar-refractivity contribution is 5.93. The SMILES string of the molecule is O=C(NC1CCCCC1)c1cnc(Nc2ccccc2C(F)(F)F)nc1. The summed E-state index contributed by atoms with van der Waals surface area (Å²) >= 11 is 0. The lowest BCUT2D eigenvalue weighted by Crippen LogP contribution is -2.36. The summed E-state index contributed by atoms with van der Waals surface area (Å²) in [6.45, 7) is 0. The fraction of sp³-hybridized carbons (Fsp3) is 0.389.